The molecule has 0 aromatic heterocycles. The van der Waals surface area contributed by atoms with Gasteiger partial charge in [-0.15, -0.1) is 12.3 Å². The third kappa shape index (κ3) is 9.83. The van der Waals surface area contributed by atoms with Crippen LogP contribution in [-0.2, 0) is 0 Å². The van der Waals surface area contributed by atoms with Crippen molar-refractivity contribution in [1.82, 2.24) is 0 Å². The van der Waals surface area contributed by atoms with Gasteiger partial charge in [0.1, 0.15) is 0 Å². The molecule has 0 fully saturated rings. The zero-order chi connectivity index (χ0) is 16.4. The van der Waals surface area contributed by atoms with Crippen molar-refractivity contribution < 1.29 is 0 Å². The van der Waals surface area contributed by atoms with Gasteiger partial charge in [0.05, 0.1) is 0 Å². The molecule has 0 radical (unpaired) electrons. The molecule has 0 aliphatic carbocycles. The second-order valence-corrected chi connectivity index (χ2v) is 5.54. The second kappa shape index (κ2) is 11.6. The highest BCUT2D eigenvalue weighted by molar-refractivity contribution is 5.29. The number of rotatable bonds is 0. The molecule has 2 aromatic rings. The lowest BCUT2D eigenvalue weighted by Crippen LogP contribution is -1.79. The number of benzene rings is 2. The van der Waals surface area contributed by atoms with Crippen LogP contribution in [0.1, 0.15) is 47.7 Å². The van der Waals surface area contributed by atoms with Crippen LogP contribution < -0.4 is 0 Å². The minimum Gasteiger partial charge on any atom is -0.120 e. The van der Waals surface area contributed by atoms with Crippen LogP contribution >= 0.6 is 0 Å². The van der Waals surface area contributed by atoms with Gasteiger partial charge in [-0.1, -0.05) is 66.1 Å². The normalized spacial score (nSPS) is 8.27. The van der Waals surface area contributed by atoms with E-state index in [2.05, 4.69) is 90.3 Å². The summed E-state index contributed by atoms with van der Waals surface area (Å²) in [6.07, 6.45) is 4.60. The van der Waals surface area contributed by atoms with E-state index in [1.54, 1.807) is 6.92 Å². The second-order valence-electron chi connectivity index (χ2n) is 5.54. The van der Waals surface area contributed by atoms with Gasteiger partial charge in [-0.25, -0.2) is 0 Å². The SMILES string of the molecule is C.C#CC.Cc1cc(C)cc(C)c1.Cc1ccc(C)c(C)c1. The Morgan fingerprint density at radius 1 is 0.636 bits per heavy atom. The molecule has 0 bridgehead atoms. The Balaban J connectivity index is 0. The molecule has 0 amide bonds. The molecular weight excluding hydrogens is 264 g/mol. The average molecular weight is 296 g/mol. The highest BCUT2D eigenvalue weighted by Crippen LogP contribution is 2.07. The maximum absolute atomic E-state index is 4.60. The van der Waals surface area contributed by atoms with Crippen LogP contribution in [0, 0.1) is 53.9 Å². The molecular formula is C22H32. The maximum Gasteiger partial charge on any atom is -0.00297 e. The number of aryl methyl sites for hydroxylation is 6. The van der Waals surface area contributed by atoms with Crippen molar-refractivity contribution in [3.8, 4) is 12.3 Å². The summed E-state index contributed by atoms with van der Waals surface area (Å²) >= 11 is 0. The molecule has 22 heavy (non-hydrogen) atoms. The molecule has 120 valence electrons. The molecule has 0 saturated heterocycles. The molecule has 2 rings (SSSR count). The molecule has 0 aliphatic heterocycles. The van der Waals surface area contributed by atoms with E-state index < -0.39 is 0 Å². The fourth-order valence-corrected chi connectivity index (χ4v) is 2.09. The van der Waals surface area contributed by atoms with Crippen LogP contribution in [0.4, 0.5) is 0 Å². The van der Waals surface area contributed by atoms with Crippen LogP contribution in [-0.4, -0.2) is 0 Å². The van der Waals surface area contributed by atoms with Crippen molar-refractivity contribution in [3.63, 3.8) is 0 Å². The number of terminal acetylenes is 1. The van der Waals surface area contributed by atoms with E-state index in [-0.39, 0.29) is 7.43 Å². The van der Waals surface area contributed by atoms with Crippen molar-refractivity contribution in [1.29, 1.82) is 0 Å². The Hall–Kier alpha value is -2.00. The Morgan fingerprint density at radius 3 is 1.27 bits per heavy atom. The Bertz CT molecular complexity index is 547. The molecule has 0 nitrogen and oxygen atoms in total. The third-order valence-electron chi connectivity index (χ3n) is 3.03. The molecule has 0 heterocycles. The summed E-state index contributed by atoms with van der Waals surface area (Å²) in [5, 5.41) is 0. The third-order valence-corrected chi connectivity index (χ3v) is 3.03. The topological polar surface area (TPSA) is 0 Å². The smallest absolute Gasteiger partial charge is 0.00297 e. The van der Waals surface area contributed by atoms with E-state index >= 15 is 0 Å². The van der Waals surface area contributed by atoms with Crippen molar-refractivity contribution in [2.24, 2.45) is 0 Å². The fourth-order valence-electron chi connectivity index (χ4n) is 2.09. The molecule has 0 heteroatoms. The lowest BCUT2D eigenvalue weighted by atomic mass is 10.1. The first-order chi connectivity index (χ1) is 9.79. The lowest BCUT2D eigenvalue weighted by Gasteiger charge is -1.98. The van der Waals surface area contributed by atoms with Crippen LogP contribution in [0.25, 0.3) is 0 Å². The van der Waals surface area contributed by atoms with Crippen molar-refractivity contribution in [3.05, 3.63) is 69.8 Å². The van der Waals surface area contributed by atoms with Crippen molar-refractivity contribution in [2.75, 3.05) is 0 Å². The van der Waals surface area contributed by atoms with Crippen molar-refractivity contribution in [2.45, 2.75) is 55.9 Å². The summed E-state index contributed by atoms with van der Waals surface area (Å²) in [5.41, 5.74) is 8.17. The molecule has 2 aromatic carbocycles. The Morgan fingerprint density at radius 2 is 1.00 bits per heavy atom. The zero-order valence-electron chi connectivity index (χ0n) is 14.5. The lowest BCUT2D eigenvalue weighted by molar-refractivity contribution is 1.30. The van der Waals surface area contributed by atoms with E-state index in [1.807, 2.05) is 0 Å². The van der Waals surface area contributed by atoms with Gasteiger partial charge in [-0.05, 0) is 59.6 Å². The standard InChI is InChI=1S/2C9H12.C3H4.CH4/c1-7-4-8(2)6-9(3)5-7;1-7-4-5-8(2)9(3)6-7;1-3-2;/h2*4-6H,1-3H3;1H,2H3;1H4. The zero-order valence-corrected chi connectivity index (χ0v) is 14.5. The molecule has 0 spiro atoms. The van der Waals surface area contributed by atoms with E-state index in [4.69, 9.17) is 0 Å². The predicted octanol–water partition coefficient (Wildman–Crippen LogP) is 6.50. The van der Waals surface area contributed by atoms with E-state index in [1.165, 1.54) is 33.4 Å². The highest BCUT2D eigenvalue weighted by Gasteiger charge is 1.89. The van der Waals surface area contributed by atoms with Gasteiger partial charge in [-0.2, -0.15) is 0 Å². The van der Waals surface area contributed by atoms with Gasteiger partial charge in [0.15, 0.2) is 0 Å². The summed E-state index contributed by atoms with van der Waals surface area (Å²) in [4.78, 5) is 0. The summed E-state index contributed by atoms with van der Waals surface area (Å²) in [6, 6.07) is 13.1. The number of hydrogen-bond donors (Lipinski definition) is 0. The summed E-state index contributed by atoms with van der Waals surface area (Å²) in [7, 11) is 0. The largest absolute Gasteiger partial charge is 0.120 e. The summed E-state index contributed by atoms with van der Waals surface area (Å²) < 4.78 is 0. The first kappa shape index (κ1) is 22.3. The molecule has 0 atom stereocenters. The van der Waals surface area contributed by atoms with E-state index in [9.17, 15) is 0 Å². The van der Waals surface area contributed by atoms with Gasteiger partial charge in [0, 0.05) is 0 Å². The first-order valence-electron chi connectivity index (χ1n) is 7.26. The molecule has 0 aliphatic rings. The van der Waals surface area contributed by atoms with E-state index in [0.717, 1.165) is 0 Å². The van der Waals surface area contributed by atoms with Crippen LogP contribution in [0.3, 0.4) is 0 Å². The molecule has 0 unspecified atom stereocenters. The van der Waals surface area contributed by atoms with Crippen LogP contribution in [0.2, 0.25) is 0 Å². The van der Waals surface area contributed by atoms with Gasteiger partial charge in [0.2, 0.25) is 0 Å². The van der Waals surface area contributed by atoms with Gasteiger partial charge in [0.25, 0.3) is 0 Å². The molecule has 0 N–H and O–H groups in total. The van der Waals surface area contributed by atoms with Crippen LogP contribution in [0.5, 0.6) is 0 Å². The monoisotopic (exact) mass is 296 g/mol. The Labute approximate surface area is 138 Å². The van der Waals surface area contributed by atoms with Crippen molar-refractivity contribution >= 4 is 0 Å². The fraction of sp³-hybridized carbons (Fsp3) is 0.364. The number of hydrogen-bond acceptors (Lipinski definition) is 0. The minimum absolute atomic E-state index is 0. The van der Waals surface area contributed by atoms with Gasteiger partial charge in [-0.3, -0.25) is 0 Å². The quantitative estimate of drug-likeness (QED) is 0.487. The maximum atomic E-state index is 4.60. The summed E-state index contributed by atoms with van der Waals surface area (Å²) in [6.45, 7) is 14.4. The van der Waals surface area contributed by atoms with Crippen LogP contribution in [0.15, 0.2) is 36.4 Å². The van der Waals surface area contributed by atoms with Gasteiger partial charge < -0.3 is 0 Å². The van der Waals surface area contributed by atoms with Gasteiger partial charge >= 0.3 is 0 Å². The Kier molecular flexibility index (Phi) is 11.8. The molecule has 0 saturated carbocycles. The van der Waals surface area contributed by atoms with E-state index in [0.29, 0.717) is 0 Å². The minimum atomic E-state index is 0. The summed E-state index contributed by atoms with van der Waals surface area (Å²) in [5.74, 6) is 2.25. The average Bonchev–Trinajstić information content (AvgIpc) is 2.34. The predicted molar refractivity (Wildman–Crippen MR) is 103 cm³/mol. The first-order valence-corrected chi connectivity index (χ1v) is 7.26. The highest BCUT2D eigenvalue weighted by atomic mass is 14.0.